The molecule has 0 amide bonds. The maximum atomic E-state index is 7.10. The molecule has 0 aliphatic carbocycles. The second kappa shape index (κ2) is 11.5. The lowest BCUT2D eigenvalue weighted by Gasteiger charge is -2.51. The molecule has 22 heavy (non-hydrogen) atoms. The summed E-state index contributed by atoms with van der Waals surface area (Å²) in [7, 11) is 0. The van der Waals surface area contributed by atoms with Gasteiger partial charge in [-0.1, -0.05) is 86.0 Å². The molecule has 0 bridgehead atoms. The molecule has 0 heterocycles. The van der Waals surface area contributed by atoms with Crippen LogP contribution in [0.5, 0.6) is 0 Å². The molecule has 2 heteroatoms. The average Bonchev–Trinajstić information content (AvgIpc) is 2.53. The van der Waals surface area contributed by atoms with Crippen molar-refractivity contribution >= 4 is 0 Å². The molecule has 0 aliphatic heterocycles. The van der Waals surface area contributed by atoms with Crippen LogP contribution in [0.3, 0.4) is 0 Å². The summed E-state index contributed by atoms with van der Waals surface area (Å²) in [5.41, 5.74) is 13.7. The topological polar surface area (TPSA) is 52.0 Å². The molecule has 0 aliphatic rings. The first-order valence-corrected chi connectivity index (χ1v) is 9.99. The molecular weight excluding hydrogens is 268 g/mol. The minimum atomic E-state index is -0.206. The summed E-state index contributed by atoms with van der Waals surface area (Å²) in [6, 6.07) is 0. The van der Waals surface area contributed by atoms with E-state index in [9.17, 15) is 0 Å². The lowest BCUT2D eigenvalue weighted by Crippen LogP contribution is -2.69. The highest BCUT2D eigenvalue weighted by Gasteiger charge is 2.47. The molecule has 0 saturated heterocycles. The van der Waals surface area contributed by atoms with E-state index in [1.165, 1.54) is 57.8 Å². The van der Waals surface area contributed by atoms with Crippen LogP contribution in [0.1, 0.15) is 112 Å². The molecule has 0 aromatic rings. The van der Waals surface area contributed by atoms with Crippen molar-refractivity contribution < 1.29 is 0 Å². The third-order valence-electron chi connectivity index (χ3n) is 5.69. The Hall–Kier alpha value is -0.0800. The quantitative estimate of drug-likeness (QED) is 0.427. The number of hydrogen-bond donors (Lipinski definition) is 2. The third kappa shape index (κ3) is 6.20. The number of unbranched alkanes of at least 4 members (excludes halogenated alkanes) is 4. The van der Waals surface area contributed by atoms with Crippen molar-refractivity contribution in [3.05, 3.63) is 0 Å². The normalized spacial score (nSPS) is 16.5. The van der Waals surface area contributed by atoms with Gasteiger partial charge in [-0.2, -0.15) is 0 Å². The molecule has 4 N–H and O–H groups in total. The smallest absolute Gasteiger partial charge is 0.0362 e. The van der Waals surface area contributed by atoms with Gasteiger partial charge in [0.05, 0.1) is 0 Å². The van der Waals surface area contributed by atoms with Gasteiger partial charge in [-0.15, -0.1) is 0 Å². The van der Waals surface area contributed by atoms with Crippen molar-refractivity contribution in [1.82, 2.24) is 0 Å². The maximum absolute atomic E-state index is 7.10. The molecule has 0 rings (SSSR count). The molecule has 0 radical (unpaired) electrons. The first kappa shape index (κ1) is 21.9. The molecule has 0 fully saturated rings. The lowest BCUT2D eigenvalue weighted by atomic mass is 9.62. The van der Waals surface area contributed by atoms with Crippen molar-refractivity contribution in [2.75, 3.05) is 0 Å². The maximum Gasteiger partial charge on any atom is 0.0362 e. The summed E-state index contributed by atoms with van der Waals surface area (Å²) < 4.78 is 0. The molecule has 0 saturated carbocycles. The van der Waals surface area contributed by atoms with Gasteiger partial charge in [0.15, 0.2) is 0 Å². The largest absolute Gasteiger partial charge is 0.324 e. The van der Waals surface area contributed by atoms with Crippen molar-refractivity contribution in [3.8, 4) is 0 Å². The Bertz CT molecular complexity index is 256. The fraction of sp³-hybridized carbons (Fsp3) is 1.00. The number of nitrogens with two attached hydrogens (primary N) is 2. The van der Waals surface area contributed by atoms with Gasteiger partial charge in [0.25, 0.3) is 0 Å². The molecule has 0 aromatic heterocycles. The molecule has 2 unspecified atom stereocenters. The van der Waals surface area contributed by atoms with E-state index in [2.05, 4.69) is 34.6 Å². The number of hydrogen-bond acceptors (Lipinski definition) is 2. The molecule has 134 valence electrons. The Morgan fingerprint density at radius 1 is 0.682 bits per heavy atom. The Kier molecular flexibility index (Phi) is 11.4. The summed E-state index contributed by atoms with van der Waals surface area (Å²) in [5, 5.41) is 0. The van der Waals surface area contributed by atoms with Gasteiger partial charge >= 0.3 is 0 Å². The van der Waals surface area contributed by atoms with Crippen LogP contribution in [0, 0.1) is 5.92 Å². The zero-order chi connectivity index (χ0) is 17.1. The Balaban J connectivity index is 5.30. The van der Waals surface area contributed by atoms with E-state index >= 15 is 0 Å². The van der Waals surface area contributed by atoms with E-state index in [0.717, 1.165) is 19.3 Å². The van der Waals surface area contributed by atoms with E-state index in [1.807, 2.05) is 0 Å². The van der Waals surface area contributed by atoms with Crippen LogP contribution in [0.25, 0.3) is 0 Å². The highest BCUT2D eigenvalue weighted by atomic mass is 14.9. The standard InChI is InChI=1S/C20H44N2/c1-6-10-14-18(5)20(22,17-13-9-4)19(21,15-11-7-2)16-12-8-3/h18H,6-17,21-22H2,1-5H3. The zero-order valence-corrected chi connectivity index (χ0v) is 16.2. The Morgan fingerprint density at radius 3 is 1.50 bits per heavy atom. The van der Waals surface area contributed by atoms with E-state index in [0.29, 0.717) is 5.92 Å². The van der Waals surface area contributed by atoms with E-state index in [1.54, 1.807) is 0 Å². The second-order valence-corrected chi connectivity index (χ2v) is 7.55. The van der Waals surface area contributed by atoms with Crippen LogP contribution in [-0.2, 0) is 0 Å². The molecule has 2 atom stereocenters. The van der Waals surface area contributed by atoms with Gasteiger partial charge in [-0.05, 0) is 31.6 Å². The van der Waals surface area contributed by atoms with Crippen LogP contribution in [-0.4, -0.2) is 11.1 Å². The summed E-state index contributed by atoms with van der Waals surface area (Å²) >= 11 is 0. The third-order valence-corrected chi connectivity index (χ3v) is 5.69. The predicted octanol–water partition coefficient (Wildman–Crippen LogP) is 5.78. The van der Waals surface area contributed by atoms with Gasteiger partial charge in [0, 0.05) is 11.1 Å². The zero-order valence-electron chi connectivity index (χ0n) is 16.2. The summed E-state index contributed by atoms with van der Waals surface area (Å²) in [6.45, 7) is 11.4. The van der Waals surface area contributed by atoms with E-state index in [-0.39, 0.29) is 11.1 Å². The van der Waals surface area contributed by atoms with Crippen molar-refractivity contribution in [3.63, 3.8) is 0 Å². The Morgan fingerprint density at radius 2 is 1.09 bits per heavy atom. The Labute approximate surface area is 140 Å². The highest BCUT2D eigenvalue weighted by molar-refractivity contribution is 5.09. The lowest BCUT2D eigenvalue weighted by molar-refractivity contribution is 0.103. The SMILES string of the molecule is CCCCC(C)C(N)(CCCC)C(N)(CCCC)CCCC. The van der Waals surface area contributed by atoms with Crippen LogP contribution in [0.2, 0.25) is 0 Å². The van der Waals surface area contributed by atoms with E-state index < -0.39 is 0 Å². The summed E-state index contributed by atoms with van der Waals surface area (Å²) in [5.74, 6) is 0.512. The molecule has 0 spiro atoms. The van der Waals surface area contributed by atoms with Crippen LogP contribution >= 0.6 is 0 Å². The van der Waals surface area contributed by atoms with Crippen molar-refractivity contribution in [1.29, 1.82) is 0 Å². The molecule has 0 aromatic carbocycles. The van der Waals surface area contributed by atoms with Crippen LogP contribution in [0.4, 0.5) is 0 Å². The number of rotatable bonds is 14. The molecule has 2 nitrogen and oxygen atoms in total. The van der Waals surface area contributed by atoms with Gasteiger partial charge in [-0.3, -0.25) is 0 Å². The summed E-state index contributed by atoms with van der Waals surface area (Å²) in [4.78, 5) is 0. The van der Waals surface area contributed by atoms with Gasteiger partial charge in [0.1, 0.15) is 0 Å². The van der Waals surface area contributed by atoms with Crippen LogP contribution in [0.15, 0.2) is 0 Å². The van der Waals surface area contributed by atoms with E-state index in [4.69, 9.17) is 11.5 Å². The highest BCUT2D eigenvalue weighted by Crippen LogP contribution is 2.39. The van der Waals surface area contributed by atoms with Gasteiger partial charge in [-0.25, -0.2) is 0 Å². The van der Waals surface area contributed by atoms with Gasteiger partial charge < -0.3 is 11.5 Å². The first-order valence-electron chi connectivity index (χ1n) is 9.99. The fourth-order valence-corrected chi connectivity index (χ4v) is 3.80. The molecular formula is C20H44N2. The summed E-state index contributed by atoms with van der Waals surface area (Å²) in [6.07, 6.45) is 14.2. The minimum absolute atomic E-state index is 0.193. The second-order valence-electron chi connectivity index (χ2n) is 7.55. The van der Waals surface area contributed by atoms with Gasteiger partial charge in [0.2, 0.25) is 0 Å². The fourth-order valence-electron chi connectivity index (χ4n) is 3.80. The first-order chi connectivity index (χ1) is 10.4. The monoisotopic (exact) mass is 312 g/mol. The predicted molar refractivity (Wildman–Crippen MR) is 101 cm³/mol. The van der Waals surface area contributed by atoms with Crippen molar-refractivity contribution in [2.24, 2.45) is 17.4 Å². The minimum Gasteiger partial charge on any atom is -0.324 e. The van der Waals surface area contributed by atoms with Crippen molar-refractivity contribution in [2.45, 2.75) is 123 Å². The average molecular weight is 313 g/mol. The van der Waals surface area contributed by atoms with Crippen LogP contribution < -0.4 is 11.5 Å².